The van der Waals surface area contributed by atoms with E-state index >= 15 is 0 Å². The summed E-state index contributed by atoms with van der Waals surface area (Å²) in [5, 5.41) is 98.7. The lowest BCUT2D eigenvalue weighted by atomic mass is 9.90. The minimum absolute atomic E-state index is 0. The van der Waals surface area contributed by atoms with Crippen LogP contribution in [0.4, 0.5) is 0 Å². The standard InChI is InChI=1S/C24H16O4.C23H14O5.C20H14O4.5C2H6.CH4/c1-13-6-9-17-20(16-8-7-14-4-2-3-5-15(14)12-16)18-10-11-19(25)22(27)24(18)28-23(17)21(13)26;24-17-10-8-15-19(14-7-3-5-12-4-1-2-6-13(12)14)16-9-11-18(25)21(27)23(16)28-22(15)20(17)26;1-11-7-8-13-16(12-5-3-2-4-6-12)14-9-10-15(21)18(23)20(14)24-19(13)17(11)22;5*1-2;/h2-12,25-27H,1H2;1-11,24,26-27H;2-10,21-23H,1H2;5*1-2H3;1H4. The molecule has 0 aromatic heterocycles. The fraction of sp³-hybridized carbons (Fsp3) is 0.141. The van der Waals surface area contributed by atoms with Crippen molar-refractivity contribution in [3.05, 3.63) is 241 Å². The van der Waals surface area contributed by atoms with E-state index in [0.717, 1.165) is 49.4 Å². The van der Waals surface area contributed by atoms with Crippen LogP contribution in [0, 0.1) is 0 Å². The normalized spacial score (nSPS) is 10.9. The van der Waals surface area contributed by atoms with Gasteiger partial charge in [0.15, 0.2) is 63.1 Å². The first-order valence-corrected chi connectivity index (χ1v) is 29.9. The van der Waals surface area contributed by atoms with E-state index in [1.807, 2.05) is 191 Å². The largest absolute Gasteiger partial charge is 0.504 e. The van der Waals surface area contributed by atoms with Crippen molar-refractivity contribution in [3.63, 3.8) is 0 Å². The molecular weight excluding hydrogens is 1140 g/mol. The molecule has 4 aliphatic rings. The summed E-state index contributed by atoms with van der Waals surface area (Å²) in [5.41, 5.74) is 6.18. The van der Waals surface area contributed by atoms with Gasteiger partial charge in [0.2, 0.25) is 28.4 Å². The van der Waals surface area contributed by atoms with Crippen LogP contribution in [0.2, 0.25) is 0 Å². The Morgan fingerprint density at radius 2 is 0.802 bits per heavy atom. The van der Waals surface area contributed by atoms with Crippen LogP contribution in [-0.4, -0.2) is 46.0 Å². The molecule has 10 aromatic carbocycles. The van der Waals surface area contributed by atoms with Crippen LogP contribution in [0.3, 0.4) is 0 Å². The number of hydrogen-bond donors (Lipinski definition) is 9. The van der Waals surface area contributed by atoms with Gasteiger partial charge in [-0.05, 0) is 105 Å². The average molecular weight is 1220 g/mol. The SMILES string of the molecule is C.C=c1ccc2c(c1O)Oc1c(ccc(O)c1O)C=2c1ccc2ccccc2c1.C=c1ccc2c(c1O)Oc1c(ccc(O)c1O)C=2c1ccccc1.CC.CC.CC.CC.CC.O=c1ccc2c(-c3cccc4ccccc34)c3ccc(O)c(O)c3oc-2c1O. The predicted molar refractivity (Wildman–Crippen MR) is 370 cm³/mol. The van der Waals surface area contributed by atoms with E-state index < -0.39 is 16.9 Å². The Morgan fingerprint density at radius 3 is 1.36 bits per heavy atom. The van der Waals surface area contributed by atoms with Crippen molar-refractivity contribution in [2.75, 3.05) is 0 Å². The molecule has 10 aromatic rings. The second-order valence-electron chi connectivity index (χ2n) is 19.0. The first-order valence-electron chi connectivity index (χ1n) is 29.9. The van der Waals surface area contributed by atoms with Crippen LogP contribution >= 0.6 is 0 Å². The van der Waals surface area contributed by atoms with E-state index in [-0.39, 0.29) is 82.0 Å². The van der Waals surface area contributed by atoms with Gasteiger partial charge in [-0.3, -0.25) is 4.79 Å². The smallest absolute Gasteiger partial charge is 0.224 e. The zero-order chi connectivity index (χ0) is 65.7. The molecule has 0 amide bonds. The summed E-state index contributed by atoms with van der Waals surface area (Å²) in [4.78, 5) is 12.0. The summed E-state index contributed by atoms with van der Waals surface area (Å²) in [5.74, 6) is -2.20. The second kappa shape index (κ2) is 30.5. The molecule has 0 spiro atoms. The lowest BCUT2D eigenvalue weighted by molar-refractivity contribution is 0.357. The maximum atomic E-state index is 12.0. The fourth-order valence-corrected chi connectivity index (χ4v) is 10.3. The van der Waals surface area contributed by atoms with Crippen molar-refractivity contribution in [2.24, 2.45) is 0 Å². The Morgan fingerprint density at radius 1 is 0.341 bits per heavy atom. The van der Waals surface area contributed by atoms with E-state index in [1.54, 1.807) is 36.4 Å². The van der Waals surface area contributed by atoms with Gasteiger partial charge in [0.1, 0.15) is 0 Å². The number of fused-ring (bicyclic) bond motifs is 8. The highest BCUT2D eigenvalue weighted by molar-refractivity contribution is 6.11. The van der Waals surface area contributed by atoms with Gasteiger partial charge in [-0.15, -0.1) is 0 Å². The molecule has 91 heavy (non-hydrogen) atoms. The van der Waals surface area contributed by atoms with Crippen molar-refractivity contribution in [3.8, 4) is 97.2 Å². The zero-order valence-electron chi connectivity index (χ0n) is 52.0. The zero-order valence-corrected chi connectivity index (χ0v) is 52.0. The number of phenols is 9. The average Bonchev–Trinajstić information content (AvgIpc) is 0.798. The number of ether oxygens (including phenoxy) is 2. The summed E-state index contributed by atoms with van der Waals surface area (Å²) < 4.78 is 17.2. The van der Waals surface area contributed by atoms with Gasteiger partial charge in [0, 0.05) is 59.7 Å². The number of rotatable bonds is 3. The monoisotopic (exact) mass is 1220 g/mol. The molecule has 0 radical (unpaired) electrons. The lowest BCUT2D eigenvalue weighted by Crippen LogP contribution is -2.20. The van der Waals surface area contributed by atoms with Crippen molar-refractivity contribution in [2.45, 2.75) is 76.7 Å². The lowest BCUT2D eigenvalue weighted by Gasteiger charge is -2.23. The third-order valence-corrected chi connectivity index (χ3v) is 14.2. The van der Waals surface area contributed by atoms with E-state index in [0.29, 0.717) is 48.5 Å². The molecule has 0 saturated heterocycles. The van der Waals surface area contributed by atoms with Gasteiger partial charge in [0.05, 0.1) is 0 Å². The summed E-state index contributed by atoms with van der Waals surface area (Å²) in [7, 11) is 0. The molecule has 1 aliphatic carbocycles. The van der Waals surface area contributed by atoms with E-state index in [2.05, 4.69) is 19.2 Å². The number of hydrogen-bond acceptors (Lipinski definition) is 13. The Labute approximate surface area is 529 Å². The number of phenolic OH excluding ortho intramolecular Hbond substituents is 9. The second-order valence-corrected chi connectivity index (χ2v) is 19.0. The maximum absolute atomic E-state index is 12.0. The van der Waals surface area contributed by atoms with Crippen LogP contribution in [-0.2, 0) is 0 Å². The van der Waals surface area contributed by atoms with Gasteiger partial charge in [-0.1, -0.05) is 211 Å². The minimum atomic E-state index is -0.584. The molecule has 0 atom stereocenters. The molecule has 0 bridgehead atoms. The van der Waals surface area contributed by atoms with Gasteiger partial charge in [0.25, 0.3) is 0 Å². The molecule has 13 heteroatoms. The molecule has 3 aliphatic heterocycles. The summed E-state index contributed by atoms with van der Waals surface area (Å²) in [6.45, 7) is 27.6. The highest BCUT2D eigenvalue weighted by Gasteiger charge is 2.29. The van der Waals surface area contributed by atoms with Gasteiger partial charge in [-0.2, -0.15) is 0 Å². The molecule has 0 saturated carbocycles. The van der Waals surface area contributed by atoms with E-state index in [4.69, 9.17) is 13.9 Å². The molecule has 14 rings (SSSR count). The van der Waals surface area contributed by atoms with E-state index in [9.17, 15) is 50.8 Å². The van der Waals surface area contributed by atoms with Crippen LogP contribution in [0.25, 0.3) is 79.3 Å². The van der Waals surface area contributed by atoms with Crippen LogP contribution in [0.1, 0.15) is 98.9 Å². The molecule has 3 heterocycles. The van der Waals surface area contributed by atoms with Crippen molar-refractivity contribution < 1.29 is 59.8 Å². The van der Waals surface area contributed by atoms with Crippen LogP contribution in [0.15, 0.2) is 197 Å². The van der Waals surface area contributed by atoms with Gasteiger partial charge in [-0.25, -0.2) is 0 Å². The summed E-state index contributed by atoms with van der Waals surface area (Å²) >= 11 is 0. The molecule has 0 fully saturated rings. The highest BCUT2D eigenvalue weighted by atomic mass is 16.5. The molecule has 9 N–H and O–H groups in total. The third kappa shape index (κ3) is 13.1. The van der Waals surface area contributed by atoms with Crippen LogP contribution < -0.4 is 35.8 Å². The summed E-state index contributed by atoms with van der Waals surface area (Å²) in [6.07, 6.45) is 0. The Hall–Kier alpha value is -11.3. The summed E-state index contributed by atoms with van der Waals surface area (Å²) in [6, 6.07) is 56.7. The fourth-order valence-electron chi connectivity index (χ4n) is 10.3. The molecule has 0 unspecified atom stereocenters. The highest BCUT2D eigenvalue weighted by Crippen LogP contribution is 2.51. The molecule has 468 valence electrons. The Bertz CT molecular complexity index is 4830. The quantitative estimate of drug-likeness (QED) is 0.0593. The Balaban J connectivity index is 0.000000202. The van der Waals surface area contributed by atoms with Crippen molar-refractivity contribution in [1.82, 2.24) is 0 Å². The number of aromatic hydroxyl groups is 9. The Kier molecular flexibility index (Phi) is 23.1. The first kappa shape index (κ1) is 68.8. The molecule has 13 nitrogen and oxygen atoms in total. The number of benzene rings is 11. The predicted octanol–water partition coefficient (Wildman–Crippen LogP) is 16.9. The third-order valence-electron chi connectivity index (χ3n) is 14.2. The topological polar surface area (TPSA) is 231 Å². The maximum Gasteiger partial charge on any atom is 0.224 e. The minimum Gasteiger partial charge on any atom is -0.504 e. The van der Waals surface area contributed by atoms with Crippen molar-refractivity contribution in [1.29, 1.82) is 0 Å². The van der Waals surface area contributed by atoms with Crippen LogP contribution in [0.5, 0.6) is 74.7 Å². The van der Waals surface area contributed by atoms with Gasteiger partial charge >= 0.3 is 0 Å². The molecular formula is C78H78O13. The van der Waals surface area contributed by atoms with Crippen molar-refractivity contribution >= 4 is 56.8 Å². The van der Waals surface area contributed by atoms with E-state index in [1.165, 1.54) is 24.3 Å². The first-order chi connectivity index (χ1) is 43.7. The van der Waals surface area contributed by atoms with Gasteiger partial charge < -0.3 is 59.8 Å².